The molecule has 104 valence electrons. The van der Waals surface area contributed by atoms with E-state index < -0.39 is 0 Å². The minimum absolute atomic E-state index is 0.0145. The Hall–Kier alpha value is -1.43. The van der Waals surface area contributed by atoms with Crippen LogP contribution in [0.2, 0.25) is 0 Å². The summed E-state index contributed by atoms with van der Waals surface area (Å²) in [7, 11) is 1.56. The molecule has 1 aliphatic heterocycles. The summed E-state index contributed by atoms with van der Waals surface area (Å²) in [4.78, 5) is 14.3. The third-order valence-electron chi connectivity index (χ3n) is 3.20. The minimum Gasteiger partial charge on any atom is -0.496 e. The molecule has 2 rings (SSSR count). The number of morpholine rings is 1. The predicted octanol–water partition coefficient (Wildman–Crippen LogP) is 0.571. The van der Waals surface area contributed by atoms with E-state index in [0.717, 1.165) is 0 Å². The molecule has 0 aliphatic carbocycles. The first-order valence-electron chi connectivity index (χ1n) is 6.35. The number of hydrogen-bond donors (Lipinski definition) is 1. The van der Waals surface area contributed by atoms with E-state index in [9.17, 15) is 4.79 Å². The van der Waals surface area contributed by atoms with Gasteiger partial charge in [-0.2, -0.15) is 0 Å². The Bertz CT molecular complexity index is 435. The molecule has 19 heavy (non-hydrogen) atoms. The van der Waals surface area contributed by atoms with E-state index in [4.69, 9.17) is 14.6 Å². The van der Waals surface area contributed by atoms with Crippen LogP contribution in [-0.4, -0.2) is 61.9 Å². The number of nitrogens with zero attached hydrogens (tertiary/aromatic N) is 1. The Labute approximate surface area is 112 Å². The number of rotatable bonds is 5. The molecule has 0 bridgehead atoms. The molecule has 0 amide bonds. The van der Waals surface area contributed by atoms with Crippen LogP contribution >= 0.6 is 0 Å². The monoisotopic (exact) mass is 265 g/mol. The van der Waals surface area contributed by atoms with Crippen molar-refractivity contribution in [1.82, 2.24) is 4.90 Å². The van der Waals surface area contributed by atoms with Crippen LogP contribution in [0.5, 0.6) is 5.75 Å². The second-order valence-corrected chi connectivity index (χ2v) is 4.53. The van der Waals surface area contributed by atoms with Crippen molar-refractivity contribution in [3.8, 4) is 5.75 Å². The fraction of sp³-hybridized carbons (Fsp3) is 0.500. The summed E-state index contributed by atoms with van der Waals surface area (Å²) in [5.41, 5.74) is 0.594. The van der Waals surface area contributed by atoms with Crippen LogP contribution in [0.3, 0.4) is 0 Å². The molecule has 0 spiro atoms. The maximum atomic E-state index is 12.3. The largest absolute Gasteiger partial charge is 0.496 e. The topological polar surface area (TPSA) is 59.0 Å². The van der Waals surface area contributed by atoms with Gasteiger partial charge < -0.3 is 14.6 Å². The summed E-state index contributed by atoms with van der Waals surface area (Å²) in [5, 5.41) is 9.09. The average Bonchev–Trinajstić information content (AvgIpc) is 2.47. The van der Waals surface area contributed by atoms with Gasteiger partial charge in [0.15, 0.2) is 5.78 Å². The number of ketones is 1. The third-order valence-corrected chi connectivity index (χ3v) is 3.20. The number of benzene rings is 1. The van der Waals surface area contributed by atoms with Crippen LogP contribution in [0.1, 0.15) is 10.4 Å². The average molecular weight is 265 g/mol. The van der Waals surface area contributed by atoms with Crippen LogP contribution in [0.15, 0.2) is 24.3 Å². The Kier molecular flexibility index (Phi) is 4.90. The highest BCUT2D eigenvalue weighted by Gasteiger charge is 2.22. The van der Waals surface area contributed by atoms with Crippen molar-refractivity contribution in [3.63, 3.8) is 0 Å². The number of methoxy groups -OCH3 is 1. The van der Waals surface area contributed by atoms with Gasteiger partial charge in [0.05, 0.1) is 38.5 Å². The number of aliphatic hydroxyl groups excluding tert-OH is 1. The molecule has 1 fully saturated rings. The summed E-state index contributed by atoms with van der Waals surface area (Å²) in [6, 6.07) is 7.21. The molecule has 1 aromatic rings. The maximum Gasteiger partial charge on any atom is 0.180 e. The molecule has 1 atom stereocenters. The molecule has 1 saturated heterocycles. The number of para-hydroxylation sites is 1. The third kappa shape index (κ3) is 3.53. The van der Waals surface area contributed by atoms with Crippen LogP contribution in [0.4, 0.5) is 0 Å². The molecule has 1 N–H and O–H groups in total. The second kappa shape index (κ2) is 6.65. The molecule has 0 saturated carbocycles. The Morgan fingerprint density at radius 2 is 2.32 bits per heavy atom. The van der Waals surface area contributed by atoms with E-state index in [1.165, 1.54) is 0 Å². The summed E-state index contributed by atoms with van der Waals surface area (Å²) >= 11 is 0. The zero-order valence-electron chi connectivity index (χ0n) is 11.0. The van der Waals surface area contributed by atoms with Gasteiger partial charge in [0.2, 0.25) is 0 Å². The van der Waals surface area contributed by atoms with Gasteiger partial charge in [-0.3, -0.25) is 9.69 Å². The highest BCUT2D eigenvalue weighted by atomic mass is 16.5. The number of carbonyl (C=O) groups is 1. The summed E-state index contributed by atoms with van der Waals surface area (Å²) in [6.07, 6.45) is -0.195. The van der Waals surface area contributed by atoms with Crippen LogP contribution in [0.25, 0.3) is 0 Å². The standard InChI is InChI=1S/C14H19NO4/c1-18-14-5-3-2-4-12(14)13(17)9-15-6-7-19-11(8-15)10-16/h2-5,11,16H,6-10H2,1H3. The number of hydrogen-bond acceptors (Lipinski definition) is 5. The zero-order chi connectivity index (χ0) is 13.7. The van der Waals surface area contributed by atoms with Gasteiger partial charge >= 0.3 is 0 Å². The first kappa shape index (κ1) is 14.0. The van der Waals surface area contributed by atoms with E-state index in [-0.39, 0.29) is 18.5 Å². The van der Waals surface area contributed by atoms with Crippen molar-refractivity contribution in [2.75, 3.05) is 40.0 Å². The minimum atomic E-state index is -0.195. The van der Waals surface area contributed by atoms with Crippen LogP contribution in [-0.2, 0) is 4.74 Å². The fourth-order valence-electron chi connectivity index (χ4n) is 2.20. The van der Waals surface area contributed by atoms with E-state index >= 15 is 0 Å². The first-order chi connectivity index (χ1) is 9.24. The van der Waals surface area contributed by atoms with Crippen molar-refractivity contribution in [3.05, 3.63) is 29.8 Å². The van der Waals surface area contributed by atoms with Crippen molar-refractivity contribution >= 4 is 5.78 Å². The zero-order valence-corrected chi connectivity index (χ0v) is 11.0. The molecule has 5 nitrogen and oxygen atoms in total. The van der Waals surface area contributed by atoms with Gasteiger partial charge in [-0.05, 0) is 12.1 Å². The van der Waals surface area contributed by atoms with Crippen molar-refractivity contribution in [1.29, 1.82) is 0 Å². The number of Topliss-reactive ketones (excluding diaryl/α,β-unsaturated/α-hetero) is 1. The summed E-state index contributed by atoms with van der Waals surface area (Å²) in [6.45, 7) is 2.14. The lowest BCUT2D eigenvalue weighted by atomic mass is 10.1. The highest BCUT2D eigenvalue weighted by molar-refractivity contribution is 6.00. The van der Waals surface area contributed by atoms with E-state index in [0.29, 0.717) is 37.6 Å². The van der Waals surface area contributed by atoms with Gasteiger partial charge in [-0.1, -0.05) is 12.1 Å². The quantitative estimate of drug-likeness (QED) is 0.789. The van der Waals surface area contributed by atoms with Crippen LogP contribution < -0.4 is 4.74 Å². The molecule has 1 heterocycles. The lowest BCUT2D eigenvalue weighted by Gasteiger charge is -2.31. The van der Waals surface area contributed by atoms with Crippen molar-refractivity contribution in [2.24, 2.45) is 0 Å². The van der Waals surface area contributed by atoms with Crippen molar-refractivity contribution < 1.29 is 19.4 Å². The molecule has 0 radical (unpaired) electrons. The number of aliphatic hydroxyl groups is 1. The predicted molar refractivity (Wildman–Crippen MR) is 70.6 cm³/mol. The molecule has 0 aromatic heterocycles. The second-order valence-electron chi connectivity index (χ2n) is 4.53. The summed E-state index contributed by atoms with van der Waals surface area (Å²) < 4.78 is 10.6. The maximum absolute atomic E-state index is 12.3. The molecule has 1 aliphatic rings. The SMILES string of the molecule is COc1ccccc1C(=O)CN1CCOC(CO)C1. The normalized spacial score (nSPS) is 20.2. The lowest BCUT2D eigenvalue weighted by molar-refractivity contribution is -0.0503. The van der Waals surface area contributed by atoms with Gasteiger partial charge in [-0.15, -0.1) is 0 Å². The summed E-state index contributed by atoms with van der Waals surface area (Å²) in [5.74, 6) is 0.621. The Morgan fingerprint density at radius 1 is 1.53 bits per heavy atom. The molecule has 1 unspecified atom stereocenters. The van der Waals surface area contributed by atoms with Gasteiger partial charge in [0.25, 0.3) is 0 Å². The molecular weight excluding hydrogens is 246 g/mol. The number of carbonyl (C=O) groups excluding carboxylic acids is 1. The Balaban J connectivity index is 2.00. The van der Waals surface area contributed by atoms with Gasteiger partial charge in [0, 0.05) is 13.1 Å². The highest BCUT2D eigenvalue weighted by Crippen LogP contribution is 2.18. The molecule has 1 aromatic carbocycles. The smallest absolute Gasteiger partial charge is 0.180 e. The van der Waals surface area contributed by atoms with E-state index in [1.807, 2.05) is 17.0 Å². The van der Waals surface area contributed by atoms with E-state index in [2.05, 4.69) is 0 Å². The van der Waals surface area contributed by atoms with Gasteiger partial charge in [-0.25, -0.2) is 0 Å². The number of ether oxygens (including phenoxy) is 2. The molecule has 5 heteroatoms. The van der Waals surface area contributed by atoms with E-state index in [1.54, 1.807) is 19.2 Å². The van der Waals surface area contributed by atoms with Gasteiger partial charge in [0.1, 0.15) is 5.75 Å². The van der Waals surface area contributed by atoms with Crippen molar-refractivity contribution in [2.45, 2.75) is 6.10 Å². The first-order valence-corrected chi connectivity index (χ1v) is 6.35. The fourth-order valence-corrected chi connectivity index (χ4v) is 2.20. The Morgan fingerprint density at radius 3 is 3.05 bits per heavy atom. The molecular formula is C14H19NO4. The van der Waals surface area contributed by atoms with Crippen LogP contribution in [0, 0.1) is 0 Å². The lowest BCUT2D eigenvalue weighted by Crippen LogP contribution is -2.46.